The van der Waals surface area contributed by atoms with E-state index in [1.807, 2.05) is 46.4 Å². The number of anilines is 1. The topological polar surface area (TPSA) is 84.7 Å². The zero-order chi connectivity index (χ0) is 19.5. The van der Waals surface area contributed by atoms with Crippen molar-refractivity contribution in [1.82, 2.24) is 10.1 Å². The van der Waals surface area contributed by atoms with Gasteiger partial charge in [0.25, 0.3) is 0 Å². The van der Waals surface area contributed by atoms with Gasteiger partial charge in [-0.25, -0.2) is 0 Å². The van der Waals surface area contributed by atoms with E-state index in [9.17, 15) is 9.59 Å². The molecule has 146 valence electrons. The minimum absolute atomic E-state index is 0.111. The molecular weight excluding hydrogens is 334 g/mol. The van der Waals surface area contributed by atoms with Crippen LogP contribution in [0.4, 0.5) is 5.82 Å². The second-order valence-electron chi connectivity index (χ2n) is 8.85. The van der Waals surface area contributed by atoms with Gasteiger partial charge in [0.2, 0.25) is 5.91 Å². The maximum atomic E-state index is 12.6. The highest BCUT2D eigenvalue weighted by molar-refractivity contribution is 5.94. The number of nitrogens with one attached hydrogen (secondary N) is 1. The molecule has 2 heterocycles. The molecule has 0 unspecified atom stereocenters. The zero-order valence-electron chi connectivity index (χ0n) is 16.7. The Balaban J connectivity index is 1.89. The van der Waals surface area contributed by atoms with Gasteiger partial charge in [0.05, 0.1) is 12.5 Å². The normalized spacial score (nSPS) is 18.8. The van der Waals surface area contributed by atoms with E-state index in [2.05, 4.69) is 10.5 Å². The van der Waals surface area contributed by atoms with Gasteiger partial charge in [-0.15, -0.1) is 0 Å². The minimum atomic E-state index is -0.490. The van der Waals surface area contributed by atoms with E-state index in [4.69, 9.17) is 9.26 Å². The van der Waals surface area contributed by atoms with Gasteiger partial charge in [-0.05, 0) is 40.2 Å². The van der Waals surface area contributed by atoms with Crippen molar-refractivity contribution >= 4 is 17.7 Å². The van der Waals surface area contributed by atoms with Gasteiger partial charge in [0.1, 0.15) is 11.4 Å². The monoisotopic (exact) mass is 365 g/mol. The molecule has 7 nitrogen and oxygen atoms in total. The van der Waals surface area contributed by atoms with E-state index in [1.165, 1.54) is 0 Å². The number of likely N-dealkylation sites (tertiary alicyclic amines) is 1. The maximum absolute atomic E-state index is 12.6. The van der Waals surface area contributed by atoms with Crippen LogP contribution in [0.5, 0.6) is 0 Å². The number of carbonyl (C=O) groups excluding carboxylic acids is 2. The Labute approximate surface area is 155 Å². The van der Waals surface area contributed by atoms with Crippen molar-refractivity contribution < 1.29 is 18.8 Å². The molecule has 1 N–H and O–H groups in total. The summed E-state index contributed by atoms with van der Waals surface area (Å²) in [6.45, 7) is 12.9. The van der Waals surface area contributed by atoms with Crippen molar-refractivity contribution in [2.75, 3.05) is 18.4 Å². The molecule has 0 saturated carbocycles. The lowest BCUT2D eigenvalue weighted by Crippen LogP contribution is -2.41. The molecule has 1 saturated heterocycles. The quantitative estimate of drug-likeness (QED) is 0.807. The van der Waals surface area contributed by atoms with Crippen LogP contribution < -0.4 is 5.32 Å². The molecule has 1 aromatic heterocycles. The zero-order valence-corrected chi connectivity index (χ0v) is 16.7. The first-order valence-electron chi connectivity index (χ1n) is 9.20. The molecule has 1 aliphatic heterocycles. The van der Waals surface area contributed by atoms with E-state index >= 15 is 0 Å². The van der Waals surface area contributed by atoms with Crippen molar-refractivity contribution in [3.05, 3.63) is 11.8 Å². The summed E-state index contributed by atoms with van der Waals surface area (Å²) in [6.07, 6.45) is 1.97. The summed E-state index contributed by atoms with van der Waals surface area (Å²) in [4.78, 5) is 26.5. The molecule has 7 heteroatoms. The van der Waals surface area contributed by atoms with Crippen LogP contribution in [0.1, 0.15) is 66.6 Å². The molecule has 2 rings (SSSR count). The summed E-state index contributed by atoms with van der Waals surface area (Å²) in [5, 5.41) is 6.76. The Morgan fingerprint density at radius 1 is 1.31 bits per heavy atom. The van der Waals surface area contributed by atoms with E-state index < -0.39 is 5.60 Å². The van der Waals surface area contributed by atoms with Gasteiger partial charge in [-0.2, -0.15) is 0 Å². The van der Waals surface area contributed by atoms with Crippen LogP contribution in [-0.4, -0.2) is 46.7 Å². The number of ether oxygens (including phenoxy) is 1. The third-order valence-corrected chi connectivity index (χ3v) is 4.19. The average Bonchev–Trinajstić information content (AvgIpc) is 3.11. The molecule has 0 aliphatic carbocycles. The van der Waals surface area contributed by atoms with Crippen LogP contribution in [0.25, 0.3) is 0 Å². The van der Waals surface area contributed by atoms with Crippen LogP contribution in [0, 0.1) is 0 Å². The Morgan fingerprint density at radius 2 is 2.00 bits per heavy atom. The molecule has 0 bridgehead atoms. The largest absolute Gasteiger partial charge is 0.460 e. The summed E-state index contributed by atoms with van der Waals surface area (Å²) in [5.41, 5.74) is -0.653. The Kier molecular flexibility index (Phi) is 6.11. The molecule has 1 aliphatic rings. The SMILES string of the molecule is CC(C)(C)OC(=O)CCN1CCC[C@H]1C(=O)Nc1cc(C(C)(C)C)on1. The number of hydrogen-bond donors (Lipinski definition) is 1. The van der Waals surface area contributed by atoms with Gasteiger partial charge < -0.3 is 14.6 Å². The lowest BCUT2D eigenvalue weighted by molar-refractivity contribution is -0.155. The summed E-state index contributed by atoms with van der Waals surface area (Å²) in [6, 6.07) is 1.50. The number of aromatic nitrogens is 1. The highest BCUT2D eigenvalue weighted by Crippen LogP contribution is 2.25. The van der Waals surface area contributed by atoms with Crippen molar-refractivity contribution in [3.63, 3.8) is 0 Å². The summed E-state index contributed by atoms with van der Waals surface area (Å²) >= 11 is 0. The van der Waals surface area contributed by atoms with Gasteiger partial charge in [-0.3, -0.25) is 14.5 Å². The molecule has 26 heavy (non-hydrogen) atoms. The van der Waals surface area contributed by atoms with E-state index in [0.717, 1.165) is 25.1 Å². The molecule has 0 spiro atoms. The predicted octanol–water partition coefficient (Wildman–Crippen LogP) is 3.11. The number of amides is 1. The summed E-state index contributed by atoms with van der Waals surface area (Å²) < 4.78 is 10.6. The Hall–Kier alpha value is -1.89. The predicted molar refractivity (Wildman–Crippen MR) is 98.9 cm³/mol. The standard InChI is InChI=1S/C19H31N3O4/c1-18(2,3)14-12-15(21-26-14)20-17(24)13-8-7-10-22(13)11-9-16(23)25-19(4,5)6/h12-13H,7-11H2,1-6H3,(H,20,21,24)/t13-/m0/s1. The van der Waals surface area contributed by atoms with Crippen molar-refractivity contribution in [2.24, 2.45) is 0 Å². The molecule has 1 amide bonds. The molecule has 1 fully saturated rings. The first-order chi connectivity index (χ1) is 12.0. The average molecular weight is 365 g/mol. The third kappa shape index (κ3) is 5.83. The van der Waals surface area contributed by atoms with Crippen molar-refractivity contribution in [2.45, 2.75) is 77.9 Å². The van der Waals surface area contributed by atoms with Crippen LogP contribution in [0.3, 0.4) is 0 Å². The first kappa shape index (κ1) is 20.4. The second-order valence-corrected chi connectivity index (χ2v) is 8.85. The van der Waals surface area contributed by atoms with Crippen molar-refractivity contribution in [3.8, 4) is 0 Å². The second kappa shape index (κ2) is 7.78. The fraction of sp³-hybridized carbons (Fsp3) is 0.737. The highest BCUT2D eigenvalue weighted by Gasteiger charge is 2.32. The lowest BCUT2D eigenvalue weighted by atomic mass is 9.93. The summed E-state index contributed by atoms with van der Waals surface area (Å²) in [5.74, 6) is 0.801. The fourth-order valence-electron chi connectivity index (χ4n) is 2.92. The number of nitrogens with zero attached hydrogens (tertiary/aromatic N) is 2. The van der Waals surface area contributed by atoms with Gasteiger partial charge in [-0.1, -0.05) is 25.9 Å². The number of rotatable bonds is 5. The molecule has 0 aromatic carbocycles. The number of hydrogen-bond acceptors (Lipinski definition) is 6. The smallest absolute Gasteiger partial charge is 0.307 e. The summed E-state index contributed by atoms with van der Waals surface area (Å²) in [7, 11) is 0. The fourth-order valence-corrected chi connectivity index (χ4v) is 2.92. The lowest BCUT2D eigenvalue weighted by Gasteiger charge is -2.24. The van der Waals surface area contributed by atoms with Crippen LogP contribution in [0.2, 0.25) is 0 Å². The Bertz CT molecular complexity index is 640. The maximum Gasteiger partial charge on any atom is 0.307 e. The van der Waals surface area contributed by atoms with Gasteiger partial charge in [0.15, 0.2) is 5.82 Å². The number of carbonyl (C=O) groups is 2. The molecule has 1 aromatic rings. The molecule has 0 radical (unpaired) electrons. The van der Waals surface area contributed by atoms with Crippen LogP contribution in [-0.2, 0) is 19.7 Å². The van der Waals surface area contributed by atoms with Crippen molar-refractivity contribution in [1.29, 1.82) is 0 Å². The van der Waals surface area contributed by atoms with Crippen LogP contribution >= 0.6 is 0 Å². The van der Waals surface area contributed by atoms with Gasteiger partial charge >= 0.3 is 5.97 Å². The highest BCUT2D eigenvalue weighted by atomic mass is 16.6. The van der Waals surface area contributed by atoms with E-state index in [1.54, 1.807) is 6.07 Å². The van der Waals surface area contributed by atoms with Crippen LogP contribution in [0.15, 0.2) is 10.6 Å². The first-order valence-corrected chi connectivity index (χ1v) is 9.20. The minimum Gasteiger partial charge on any atom is -0.460 e. The van der Waals surface area contributed by atoms with E-state index in [-0.39, 0.29) is 29.8 Å². The van der Waals surface area contributed by atoms with E-state index in [0.29, 0.717) is 12.4 Å². The molecule has 1 atom stereocenters. The third-order valence-electron chi connectivity index (χ3n) is 4.19. The number of esters is 1. The molecular formula is C19H31N3O4. The van der Waals surface area contributed by atoms with Gasteiger partial charge in [0, 0.05) is 18.0 Å². The Morgan fingerprint density at radius 3 is 2.58 bits per heavy atom.